The molecule has 1 heterocycles. The van der Waals surface area contributed by atoms with Crippen LogP contribution in [0.25, 0.3) is 0 Å². The highest BCUT2D eigenvalue weighted by Crippen LogP contribution is 2.24. The third-order valence-electron chi connectivity index (χ3n) is 2.82. The molecular formula is C13H21NO2S. The topological polar surface area (TPSA) is 49.3 Å². The van der Waals surface area contributed by atoms with Crippen molar-refractivity contribution < 1.29 is 9.90 Å². The molecule has 0 aromatic carbocycles. The summed E-state index contributed by atoms with van der Waals surface area (Å²) >= 11 is 1.75. The van der Waals surface area contributed by atoms with Crippen molar-refractivity contribution in [2.24, 2.45) is 5.92 Å². The maximum absolute atomic E-state index is 11.1. The van der Waals surface area contributed by atoms with Gasteiger partial charge in [0.15, 0.2) is 0 Å². The number of rotatable bonds is 6. The Labute approximate surface area is 107 Å². The van der Waals surface area contributed by atoms with E-state index >= 15 is 0 Å². The molecule has 0 amide bonds. The second-order valence-electron chi connectivity index (χ2n) is 4.61. The molecule has 17 heavy (non-hydrogen) atoms. The first-order valence-electron chi connectivity index (χ1n) is 6.03. The van der Waals surface area contributed by atoms with E-state index in [9.17, 15) is 4.79 Å². The fourth-order valence-electron chi connectivity index (χ4n) is 1.72. The number of aryl methyl sites for hydroxylation is 1. The van der Waals surface area contributed by atoms with Gasteiger partial charge < -0.3 is 5.11 Å². The zero-order chi connectivity index (χ0) is 13.0. The number of hydrogen-bond acceptors (Lipinski definition) is 3. The van der Waals surface area contributed by atoms with Crippen LogP contribution in [0.2, 0.25) is 0 Å². The van der Waals surface area contributed by atoms with Gasteiger partial charge in [-0.25, -0.2) is 0 Å². The molecule has 2 atom stereocenters. The zero-order valence-corrected chi connectivity index (χ0v) is 11.7. The SMILES string of the molecule is CCc1ccc(C(C)NC(C(=O)O)C(C)C)s1. The first-order valence-corrected chi connectivity index (χ1v) is 6.84. The fourth-order valence-corrected chi connectivity index (χ4v) is 2.68. The van der Waals surface area contributed by atoms with Gasteiger partial charge in [0, 0.05) is 15.8 Å². The summed E-state index contributed by atoms with van der Waals surface area (Å²) in [4.78, 5) is 13.7. The molecule has 0 saturated heterocycles. The molecule has 2 unspecified atom stereocenters. The van der Waals surface area contributed by atoms with E-state index < -0.39 is 12.0 Å². The largest absolute Gasteiger partial charge is 0.480 e. The van der Waals surface area contributed by atoms with Crippen LogP contribution >= 0.6 is 11.3 Å². The summed E-state index contributed by atoms with van der Waals surface area (Å²) in [6.45, 7) is 7.99. The molecule has 0 aliphatic heterocycles. The molecular weight excluding hydrogens is 234 g/mol. The van der Waals surface area contributed by atoms with Crippen LogP contribution < -0.4 is 5.32 Å². The quantitative estimate of drug-likeness (QED) is 0.821. The van der Waals surface area contributed by atoms with Crippen LogP contribution in [0.3, 0.4) is 0 Å². The predicted octanol–water partition coefficient (Wildman–Crippen LogP) is 3.07. The summed E-state index contributed by atoms with van der Waals surface area (Å²) in [5.74, 6) is -0.695. The van der Waals surface area contributed by atoms with Crippen LogP contribution in [0.5, 0.6) is 0 Å². The lowest BCUT2D eigenvalue weighted by Crippen LogP contribution is -2.41. The van der Waals surface area contributed by atoms with E-state index in [0.29, 0.717) is 0 Å². The van der Waals surface area contributed by atoms with Gasteiger partial charge in [0.1, 0.15) is 6.04 Å². The van der Waals surface area contributed by atoms with Gasteiger partial charge in [-0.15, -0.1) is 11.3 Å². The van der Waals surface area contributed by atoms with Crippen molar-refractivity contribution >= 4 is 17.3 Å². The van der Waals surface area contributed by atoms with Crippen molar-refractivity contribution in [2.75, 3.05) is 0 Å². The Hall–Kier alpha value is -0.870. The maximum atomic E-state index is 11.1. The van der Waals surface area contributed by atoms with E-state index in [-0.39, 0.29) is 12.0 Å². The highest BCUT2D eigenvalue weighted by atomic mass is 32.1. The van der Waals surface area contributed by atoms with Gasteiger partial charge in [-0.3, -0.25) is 10.1 Å². The van der Waals surface area contributed by atoms with Crippen LogP contribution in [0.1, 0.15) is 43.5 Å². The summed E-state index contributed by atoms with van der Waals surface area (Å²) in [5, 5.41) is 12.3. The fraction of sp³-hybridized carbons (Fsp3) is 0.615. The van der Waals surface area contributed by atoms with Crippen molar-refractivity contribution in [1.82, 2.24) is 5.32 Å². The van der Waals surface area contributed by atoms with Gasteiger partial charge in [-0.05, 0) is 31.4 Å². The minimum Gasteiger partial charge on any atom is -0.480 e. The molecule has 0 radical (unpaired) electrons. The molecule has 1 aromatic rings. The first kappa shape index (κ1) is 14.2. The molecule has 0 spiro atoms. The van der Waals surface area contributed by atoms with Crippen molar-refractivity contribution in [1.29, 1.82) is 0 Å². The van der Waals surface area contributed by atoms with Gasteiger partial charge in [-0.1, -0.05) is 20.8 Å². The molecule has 0 aliphatic rings. The maximum Gasteiger partial charge on any atom is 0.320 e. The van der Waals surface area contributed by atoms with E-state index in [2.05, 4.69) is 24.4 Å². The minimum atomic E-state index is -0.779. The zero-order valence-electron chi connectivity index (χ0n) is 10.9. The normalized spacial score (nSPS) is 14.9. The summed E-state index contributed by atoms with van der Waals surface area (Å²) in [6.07, 6.45) is 1.03. The Bertz CT molecular complexity index is 373. The first-order chi connectivity index (χ1) is 7.95. The van der Waals surface area contributed by atoms with Crippen LogP contribution in [0.15, 0.2) is 12.1 Å². The standard InChI is InChI=1S/C13H21NO2S/c1-5-10-6-7-11(17-10)9(4)14-12(8(2)3)13(15)16/h6-9,12,14H,5H2,1-4H3,(H,15,16). The Morgan fingerprint density at radius 3 is 2.47 bits per heavy atom. The Kier molecular flexibility index (Phi) is 5.15. The number of aliphatic carboxylic acids is 1. The van der Waals surface area contributed by atoms with E-state index in [1.807, 2.05) is 20.8 Å². The number of carboxylic acid groups (broad SMARTS) is 1. The lowest BCUT2D eigenvalue weighted by atomic mass is 10.0. The number of nitrogens with one attached hydrogen (secondary N) is 1. The molecule has 0 aliphatic carbocycles. The average Bonchev–Trinajstić information content (AvgIpc) is 2.73. The van der Waals surface area contributed by atoms with Crippen LogP contribution in [-0.2, 0) is 11.2 Å². The smallest absolute Gasteiger partial charge is 0.320 e. The molecule has 2 N–H and O–H groups in total. The Morgan fingerprint density at radius 2 is 2.06 bits per heavy atom. The minimum absolute atomic E-state index is 0.0838. The molecule has 0 fully saturated rings. The van der Waals surface area contributed by atoms with E-state index in [0.717, 1.165) is 6.42 Å². The van der Waals surface area contributed by atoms with Crippen LogP contribution in [-0.4, -0.2) is 17.1 Å². The third-order valence-corrected chi connectivity index (χ3v) is 4.23. The Balaban J connectivity index is 2.69. The van der Waals surface area contributed by atoms with Gasteiger partial charge in [0.2, 0.25) is 0 Å². The summed E-state index contributed by atoms with van der Waals surface area (Å²) in [7, 11) is 0. The van der Waals surface area contributed by atoms with Gasteiger partial charge in [-0.2, -0.15) is 0 Å². The third kappa shape index (κ3) is 3.82. The average molecular weight is 255 g/mol. The van der Waals surface area contributed by atoms with Crippen molar-refractivity contribution in [3.63, 3.8) is 0 Å². The van der Waals surface area contributed by atoms with Crippen LogP contribution in [0, 0.1) is 5.92 Å². The monoisotopic (exact) mass is 255 g/mol. The summed E-state index contributed by atoms with van der Waals surface area (Å²) in [6, 6.07) is 3.80. The number of carboxylic acids is 1. The van der Waals surface area contributed by atoms with Crippen LogP contribution in [0.4, 0.5) is 0 Å². The molecule has 0 bridgehead atoms. The molecule has 0 saturated carbocycles. The highest BCUT2D eigenvalue weighted by molar-refractivity contribution is 7.12. The Morgan fingerprint density at radius 1 is 1.41 bits per heavy atom. The van der Waals surface area contributed by atoms with Gasteiger partial charge in [0.25, 0.3) is 0 Å². The van der Waals surface area contributed by atoms with Gasteiger partial charge in [0.05, 0.1) is 0 Å². The van der Waals surface area contributed by atoms with E-state index in [4.69, 9.17) is 5.11 Å². The predicted molar refractivity (Wildman–Crippen MR) is 71.5 cm³/mol. The second-order valence-corrected chi connectivity index (χ2v) is 5.81. The lowest BCUT2D eigenvalue weighted by molar-refractivity contribution is -0.140. The van der Waals surface area contributed by atoms with E-state index in [1.165, 1.54) is 9.75 Å². The number of thiophene rings is 1. The highest BCUT2D eigenvalue weighted by Gasteiger charge is 2.23. The number of hydrogen-bond donors (Lipinski definition) is 2. The molecule has 4 heteroatoms. The van der Waals surface area contributed by atoms with Gasteiger partial charge >= 0.3 is 5.97 Å². The van der Waals surface area contributed by atoms with Crippen molar-refractivity contribution in [2.45, 2.75) is 46.2 Å². The molecule has 1 aromatic heterocycles. The van der Waals surface area contributed by atoms with Crippen molar-refractivity contribution in [3.8, 4) is 0 Å². The summed E-state index contributed by atoms with van der Waals surface area (Å²) in [5.41, 5.74) is 0. The lowest BCUT2D eigenvalue weighted by Gasteiger charge is -2.22. The van der Waals surface area contributed by atoms with E-state index in [1.54, 1.807) is 11.3 Å². The second kappa shape index (κ2) is 6.17. The summed E-state index contributed by atoms with van der Waals surface area (Å²) < 4.78 is 0. The number of carbonyl (C=O) groups is 1. The molecule has 96 valence electrons. The molecule has 1 rings (SSSR count). The van der Waals surface area contributed by atoms with Crippen molar-refractivity contribution in [3.05, 3.63) is 21.9 Å². The molecule has 3 nitrogen and oxygen atoms in total.